The van der Waals surface area contributed by atoms with Gasteiger partial charge in [0.15, 0.2) is 11.5 Å². The Balaban J connectivity index is 1.77. The number of nitrogens with one attached hydrogen (secondary N) is 2. The number of carbonyl (C=O) groups is 1. The van der Waals surface area contributed by atoms with E-state index in [1.807, 2.05) is 24.3 Å². The van der Waals surface area contributed by atoms with E-state index in [0.29, 0.717) is 6.54 Å². The lowest BCUT2D eigenvalue weighted by molar-refractivity contribution is -0.120. The zero-order valence-corrected chi connectivity index (χ0v) is 9.73. The van der Waals surface area contributed by atoms with Crippen molar-refractivity contribution in [2.24, 2.45) is 0 Å². The summed E-state index contributed by atoms with van der Waals surface area (Å²) in [5.41, 5.74) is 1.01. The van der Waals surface area contributed by atoms with Crippen molar-refractivity contribution in [2.75, 3.05) is 19.9 Å². The van der Waals surface area contributed by atoms with Crippen LogP contribution < -0.4 is 20.1 Å². The first-order chi connectivity index (χ1) is 8.79. The molecule has 94 valence electrons. The molecule has 0 spiro atoms. The molecule has 0 radical (unpaired) electrons. The molecule has 1 aromatic rings. The number of carbonyl (C=O) groups excluding carboxylic acids is 1. The van der Waals surface area contributed by atoms with E-state index in [2.05, 4.69) is 10.6 Å². The summed E-state index contributed by atoms with van der Waals surface area (Å²) in [7, 11) is 0. The minimum Gasteiger partial charge on any atom is -0.454 e. The minimum atomic E-state index is -0.197. The third-order valence-corrected chi connectivity index (χ3v) is 2.42. The number of amides is 1. The van der Waals surface area contributed by atoms with Gasteiger partial charge in [-0.15, -0.1) is 0 Å². The van der Waals surface area contributed by atoms with Gasteiger partial charge in [0.1, 0.15) is 6.54 Å². The van der Waals surface area contributed by atoms with E-state index in [1.54, 1.807) is 0 Å². The van der Waals surface area contributed by atoms with E-state index < -0.39 is 0 Å². The van der Waals surface area contributed by atoms with E-state index in [1.165, 1.54) is 0 Å². The number of nitrogens with zero attached hydrogens (tertiary/aromatic N) is 1. The maximum absolute atomic E-state index is 11.2. The average Bonchev–Trinajstić information content (AvgIpc) is 2.83. The Kier molecular flexibility index (Phi) is 3.99. The fourth-order valence-electron chi connectivity index (χ4n) is 1.57. The van der Waals surface area contributed by atoms with Crippen molar-refractivity contribution in [3.8, 4) is 17.6 Å². The third-order valence-electron chi connectivity index (χ3n) is 2.42. The summed E-state index contributed by atoms with van der Waals surface area (Å²) < 4.78 is 10.5. The summed E-state index contributed by atoms with van der Waals surface area (Å²) >= 11 is 0. The van der Waals surface area contributed by atoms with Crippen LogP contribution in [-0.2, 0) is 11.3 Å². The highest BCUT2D eigenvalue weighted by Crippen LogP contribution is 2.32. The van der Waals surface area contributed by atoms with Gasteiger partial charge < -0.3 is 20.1 Å². The molecule has 1 aromatic carbocycles. The molecular weight excluding hydrogens is 234 g/mol. The lowest BCUT2D eigenvalue weighted by Gasteiger charge is -2.05. The van der Waals surface area contributed by atoms with Gasteiger partial charge in [-0.1, -0.05) is 6.07 Å². The Bertz CT molecular complexity index is 482. The van der Waals surface area contributed by atoms with Gasteiger partial charge in [-0.2, -0.15) is 5.26 Å². The number of nitriles is 1. The first kappa shape index (κ1) is 12.2. The van der Waals surface area contributed by atoms with Crippen molar-refractivity contribution in [1.82, 2.24) is 10.6 Å². The number of hydrogen-bond donors (Lipinski definition) is 2. The Hall–Kier alpha value is -2.26. The molecule has 18 heavy (non-hydrogen) atoms. The van der Waals surface area contributed by atoms with Gasteiger partial charge in [-0.25, -0.2) is 0 Å². The van der Waals surface area contributed by atoms with Crippen molar-refractivity contribution in [2.45, 2.75) is 6.54 Å². The van der Waals surface area contributed by atoms with Crippen LogP contribution in [0.4, 0.5) is 0 Å². The highest BCUT2D eigenvalue weighted by atomic mass is 16.7. The molecule has 0 unspecified atom stereocenters. The number of hydrogen-bond acceptors (Lipinski definition) is 5. The van der Waals surface area contributed by atoms with E-state index in [0.717, 1.165) is 17.1 Å². The van der Waals surface area contributed by atoms with Gasteiger partial charge in [0.2, 0.25) is 12.7 Å². The Morgan fingerprint density at radius 2 is 2.22 bits per heavy atom. The van der Waals surface area contributed by atoms with Gasteiger partial charge in [0.05, 0.1) is 12.6 Å². The molecule has 0 aromatic heterocycles. The summed E-state index contributed by atoms with van der Waals surface area (Å²) in [5.74, 6) is 1.27. The fourth-order valence-corrected chi connectivity index (χ4v) is 1.57. The van der Waals surface area contributed by atoms with Crippen molar-refractivity contribution < 1.29 is 14.3 Å². The molecule has 1 heterocycles. The lowest BCUT2D eigenvalue weighted by atomic mass is 10.2. The van der Waals surface area contributed by atoms with Crippen molar-refractivity contribution >= 4 is 5.91 Å². The van der Waals surface area contributed by atoms with Gasteiger partial charge in [-0.05, 0) is 17.7 Å². The summed E-state index contributed by atoms with van der Waals surface area (Å²) in [4.78, 5) is 11.2. The Labute approximate surface area is 104 Å². The van der Waals surface area contributed by atoms with Crippen LogP contribution in [0.2, 0.25) is 0 Å². The molecule has 0 atom stereocenters. The maximum Gasteiger partial charge on any atom is 0.234 e. The quantitative estimate of drug-likeness (QED) is 0.723. The standard InChI is InChI=1S/C12H13N3O3/c13-3-4-15-12(16)7-14-6-9-1-2-10-11(5-9)18-8-17-10/h1-2,5,14H,4,6-8H2,(H,15,16). The molecule has 0 saturated carbocycles. The second-order valence-corrected chi connectivity index (χ2v) is 3.73. The normalized spacial score (nSPS) is 11.9. The predicted octanol–water partition coefficient (Wildman–Crippen LogP) is 0.145. The summed E-state index contributed by atoms with van der Waals surface area (Å²) in [5, 5.41) is 13.7. The molecule has 0 fully saturated rings. The molecule has 0 bridgehead atoms. The first-order valence-corrected chi connectivity index (χ1v) is 5.52. The number of benzene rings is 1. The molecule has 1 aliphatic heterocycles. The third kappa shape index (κ3) is 3.12. The largest absolute Gasteiger partial charge is 0.454 e. The van der Waals surface area contributed by atoms with Gasteiger partial charge in [-0.3, -0.25) is 4.79 Å². The number of ether oxygens (including phenoxy) is 2. The molecule has 1 aliphatic rings. The summed E-state index contributed by atoms with van der Waals surface area (Å²) in [6.07, 6.45) is 0. The zero-order valence-electron chi connectivity index (χ0n) is 9.73. The van der Waals surface area contributed by atoms with Crippen LogP contribution in [0.15, 0.2) is 18.2 Å². The van der Waals surface area contributed by atoms with Gasteiger partial charge >= 0.3 is 0 Å². The highest BCUT2D eigenvalue weighted by molar-refractivity contribution is 5.78. The van der Waals surface area contributed by atoms with Crippen LogP contribution in [-0.4, -0.2) is 25.8 Å². The van der Waals surface area contributed by atoms with Crippen molar-refractivity contribution in [1.29, 1.82) is 5.26 Å². The Morgan fingerprint density at radius 3 is 3.06 bits per heavy atom. The molecule has 2 rings (SSSR count). The SMILES string of the molecule is N#CCNC(=O)CNCc1ccc2c(c1)OCO2. The summed E-state index contributed by atoms with van der Waals surface area (Å²) in [6.45, 7) is 1.01. The van der Waals surface area contributed by atoms with Crippen LogP contribution in [0.25, 0.3) is 0 Å². The molecule has 0 aliphatic carbocycles. The topological polar surface area (TPSA) is 83.4 Å². The number of fused-ring (bicyclic) bond motifs is 1. The lowest BCUT2D eigenvalue weighted by Crippen LogP contribution is -2.33. The predicted molar refractivity (Wildman–Crippen MR) is 62.9 cm³/mol. The van der Waals surface area contributed by atoms with Crippen LogP contribution in [0.1, 0.15) is 5.56 Å². The van der Waals surface area contributed by atoms with Gasteiger partial charge in [0.25, 0.3) is 0 Å². The molecule has 0 saturated heterocycles. The Morgan fingerprint density at radius 1 is 1.39 bits per heavy atom. The average molecular weight is 247 g/mol. The second-order valence-electron chi connectivity index (χ2n) is 3.73. The van der Waals surface area contributed by atoms with Crippen LogP contribution in [0.3, 0.4) is 0 Å². The van der Waals surface area contributed by atoms with Crippen molar-refractivity contribution in [3.63, 3.8) is 0 Å². The molecular formula is C12H13N3O3. The first-order valence-electron chi connectivity index (χ1n) is 5.52. The summed E-state index contributed by atoms with van der Waals surface area (Å²) in [6, 6.07) is 7.48. The van der Waals surface area contributed by atoms with Crippen LogP contribution in [0.5, 0.6) is 11.5 Å². The molecule has 2 N–H and O–H groups in total. The van der Waals surface area contributed by atoms with Crippen molar-refractivity contribution in [3.05, 3.63) is 23.8 Å². The zero-order chi connectivity index (χ0) is 12.8. The van der Waals surface area contributed by atoms with Crippen LogP contribution >= 0.6 is 0 Å². The second kappa shape index (κ2) is 5.89. The highest BCUT2D eigenvalue weighted by Gasteiger charge is 2.12. The number of rotatable bonds is 5. The minimum absolute atomic E-state index is 0.0323. The monoisotopic (exact) mass is 247 g/mol. The van der Waals surface area contributed by atoms with E-state index >= 15 is 0 Å². The van der Waals surface area contributed by atoms with Gasteiger partial charge in [0, 0.05) is 6.54 Å². The molecule has 6 heteroatoms. The fraction of sp³-hybridized carbons (Fsp3) is 0.333. The molecule has 6 nitrogen and oxygen atoms in total. The van der Waals surface area contributed by atoms with Crippen LogP contribution in [0, 0.1) is 11.3 Å². The van der Waals surface area contributed by atoms with E-state index in [9.17, 15) is 4.79 Å². The molecule has 1 amide bonds. The maximum atomic E-state index is 11.2. The van der Waals surface area contributed by atoms with E-state index in [-0.39, 0.29) is 25.8 Å². The smallest absolute Gasteiger partial charge is 0.234 e. The van der Waals surface area contributed by atoms with E-state index in [4.69, 9.17) is 14.7 Å².